The van der Waals surface area contributed by atoms with E-state index in [1.807, 2.05) is 0 Å². The Balaban J connectivity index is 3.06. The molecule has 0 radical (unpaired) electrons. The van der Waals surface area contributed by atoms with E-state index in [0.29, 0.717) is 11.8 Å². The van der Waals surface area contributed by atoms with Crippen LogP contribution in [0.3, 0.4) is 0 Å². The molecule has 0 saturated heterocycles. The fourth-order valence-electron chi connectivity index (χ4n) is 1.19. The molecule has 0 aliphatic heterocycles. The number of hydrogen-bond acceptors (Lipinski definition) is 5. The van der Waals surface area contributed by atoms with Gasteiger partial charge in [0.2, 0.25) is 0 Å². The molecule has 0 bridgehead atoms. The minimum absolute atomic E-state index is 0.0614. The first kappa shape index (κ1) is 12.0. The maximum Gasteiger partial charge on any atom is 0.150 e. The van der Waals surface area contributed by atoms with Gasteiger partial charge in [-0.2, -0.15) is 12.6 Å². The van der Waals surface area contributed by atoms with Crippen LogP contribution in [0, 0.1) is 0 Å². The SMILES string of the molecule is O=Cc1ccc(O)c(C(O)C(O)CS)c1. The lowest BCUT2D eigenvalue weighted by molar-refractivity contribution is 0.0322. The van der Waals surface area contributed by atoms with Crippen molar-refractivity contribution in [2.75, 3.05) is 5.75 Å². The van der Waals surface area contributed by atoms with Crippen LogP contribution in [-0.2, 0) is 0 Å². The Kier molecular flexibility index (Phi) is 4.14. The van der Waals surface area contributed by atoms with Crippen molar-refractivity contribution in [3.05, 3.63) is 29.3 Å². The van der Waals surface area contributed by atoms with E-state index in [1.165, 1.54) is 18.2 Å². The molecule has 0 aliphatic rings. The van der Waals surface area contributed by atoms with Crippen LogP contribution in [0.1, 0.15) is 22.0 Å². The molecular formula is C10H12O4S. The van der Waals surface area contributed by atoms with Gasteiger partial charge in [0.15, 0.2) is 0 Å². The highest BCUT2D eigenvalue weighted by atomic mass is 32.1. The van der Waals surface area contributed by atoms with E-state index < -0.39 is 12.2 Å². The quantitative estimate of drug-likeness (QED) is 0.448. The molecule has 2 unspecified atom stereocenters. The van der Waals surface area contributed by atoms with E-state index >= 15 is 0 Å². The second-order valence-electron chi connectivity index (χ2n) is 3.13. The molecule has 0 spiro atoms. The van der Waals surface area contributed by atoms with E-state index in [2.05, 4.69) is 12.6 Å². The van der Waals surface area contributed by atoms with Gasteiger partial charge in [-0.3, -0.25) is 4.79 Å². The number of phenols is 1. The number of aldehydes is 1. The van der Waals surface area contributed by atoms with E-state index in [9.17, 15) is 20.1 Å². The molecule has 0 aromatic heterocycles. The summed E-state index contributed by atoms with van der Waals surface area (Å²) in [5, 5.41) is 28.4. The zero-order valence-electron chi connectivity index (χ0n) is 7.87. The molecule has 0 heterocycles. The molecule has 1 rings (SSSR count). The number of hydrogen-bond donors (Lipinski definition) is 4. The number of aromatic hydroxyl groups is 1. The average molecular weight is 228 g/mol. The van der Waals surface area contributed by atoms with E-state index in [4.69, 9.17) is 0 Å². The lowest BCUT2D eigenvalue weighted by Gasteiger charge is -2.17. The topological polar surface area (TPSA) is 77.8 Å². The first-order valence-electron chi connectivity index (χ1n) is 4.35. The highest BCUT2D eigenvalue weighted by molar-refractivity contribution is 7.80. The first-order valence-corrected chi connectivity index (χ1v) is 4.98. The Morgan fingerprint density at radius 1 is 1.40 bits per heavy atom. The molecule has 82 valence electrons. The van der Waals surface area contributed by atoms with Gasteiger partial charge in [0.1, 0.15) is 18.1 Å². The molecule has 1 aromatic rings. The Labute approximate surface area is 92.6 Å². The summed E-state index contributed by atoms with van der Waals surface area (Å²) >= 11 is 3.83. The molecular weight excluding hydrogens is 216 g/mol. The zero-order valence-corrected chi connectivity index (χ0v) is 8.76. The third-order valence-electron chi connectivity index (χ3n) is 2.06. The second-order valence-corrected chi connectivity index (χ2v) is 3.50. The van der Waals surface area contributed by atoms with Crippen LogP contribution in [-0.4, -0.2) is 33.5 Å². The van der Waals surface area contributed by atoms with Gasteiger partial charge in [-0.15, -0.1) is 0 Å². The highest BCUT2D eigenvalue weighted by Crippen LogP contribution is 2.27. The van der Waals surface area contributed by atoms with Gasteiger partial charge in [0, 0.05) is 16.9 Å². The van der Waals surface area contributed by atoms with Crippen molar-refractivity contribution < 1.29 is 20.1 Å². The zero-order chi connectivity index (χ0) is 11.4. The number of thiol groups is 1. The Morgan fingerprint density at radius 2 is 2.07 bits per heavy atom. The van der Waals surface area contributed by atoms with Crippen LogP contribution in [0.25, 0.3) is 0 Å². The fourth-order valence-corrected chi connectivity index (χ4v) is 1.39. The predicted molar refractivity (Wildman–Crippen MR) is 58.3 cm³/mol. The maximum atomic E-state index is 10.5. The Morgan fingerprint density at radius 3 is 2.60 bits per heavy atom. The number of aliphatic hydroxyl groups excluding tert-OH is 2. The van der Waals surface area contributed by atoms with Crippen molar-refractivity contribution in [1.82, 2.24) is 0 Å². The minimum atomic E-state index is -1.25. The van der Waals surface area contributed by atoms with Crippen molar-refractivity contribution >= 4 is 18.9 Å². The lowest BCUT2D eigenvalue weighted by Crippen LogP contribution is -2.20. The van der Waals surface area contributed by atoms with Crippen LogP contribution in [0.4, 0.5) is 0 Å². The first-order chi connectivity index (χ1) is 7.10. The smallest absolute Gasteiger partial charge is 0.150 e. The standard InChI is InChI=1S/C10H12O4S/c11-4-6-1-2-8(12)7(3-6)10(14)9(13)5-15/h1-4,9-10,12-15H,5H2. The summed E-state index contributed by atoms with van der Waals surface area (Å²) in [6.45, 7) is 0. The summed E-state index contributed by atoms with van der Waals surface area (Å²) in [7, 11) is 0. The largest absolute Gasteiger partial charge is 0.508 e. The summed E-state index contributed by atoms with van der Waals surface area (Å²) in [5.41, 5.74) is 0.453. The summed E-state index contributed by atoms with van der Waals surface area (Å²) in [6, 6.07) is 4.05. The van der Waals surface area contributed by atoms with Crippen LogP contribution < -0.4 is 0 Å². The van der Waals surface area contributed by atoms with E-state index in [1.54, 1.807) is 0 Å². The van der Waals surface area contributed by atoms with E-state index in [-0.39, 0.29) is 17.1 Å². The van der Waals surface area contributed by atoms with Crippen molar-refractivity contribution in [2.45, 2.75) is 12.2 Å². The third-order valence-corrected chi connectivity index (χ3v) is 2.43. The molecule has 4 nitrogen and oxygen atoms in total. The third kappa shape index (κ3) is 2.71. The van der Waals surface area contributed by atoms with Crippen molar-refractivity contribution in [2.24, 2.45) is 0 Å². The van der Waals surface area contributed by atoms with Crippen LogP contribution >= 0.6 is 12.6 Å². The maximum absolute atomic E-state index is 10.5. The predicted octanol–water partition coefficient (Wildman–Crippen LogP) is 0.529. The molecule has 15 heavy (non-hydrogen) atoms. The van der Waals surface area contributed by atoms with Gasteiger partial charge < -0.3 is 15.3 Å². The summed E-state index contributed by atoms with van der Waals surface area (Å²) in [6.07, 6.45) is -1.73. The van der Waals surface area contributed by atoms with Crippen LogP contribution in [0.2, 0.25) is 0 Å². The van der Waals surface area contributed by atoms with Gasteiger partial charge in [0.25, 0.3) is 0 Å². The number of aliphatic hydroxyl groups is 2. The van der Waals surface area contributed by atoms with E-state index in [0.717, 1.165) is 0 Å². The number of benzene rings is 1. The number of carbonyl (C=O) groups excluding carboxylic acids is 1. The van der Waals surface area contributed by atoms with Gasteiger partial charge in [-0.05, 0) is 18.2 Å². The molecule has 0 aliphatic carbocycles. The normalized spacial score (nSPS) is 14.6. The monoisotopic (exact) mass is 228 g/mol. The summed E-state index contributed by atoms with van der Waals surface area (Å²) < 4.78 is 0. The van der Waals surface area contributed by atoms with Crippen LogP contribution in [0.15, 0.2) is 18.2 Å². The Hall–Kier alpha value is -1.04. The highest BCUT2D eigenvalue weighted by Gasteiger charge is 2.20. The fraction of sp³-hybridized carbons (Fsp3) is 0.300. The van der Waals surface area contributed by atoms with Gasteiger partial charge in [-0.25, -0.2) is 0 Å². The average Bonchev–Trinajstić information content (AvgIpc) is 2.27. The molecule has 1 aromatic carbocycles. The van der Waals surface area contributed by atoms with Crippen LogP contribution in [0.5, 0.6) is 5.75 Å². The summed E-state index contributed by atoms with van der Waals surface area (Å²) in [5.74, 6) is -0.0970. The molecule has 0 amide bonds. The minimum Gasteiger partial charge on any atom is -0.508 e. The molecule has 2 atom stereocenters. The molecule has 5 heteroatoms. The summed E-state index contributed by atoms with van der Waals surface area (Å²) in [4.78, 5) is 10.5. The van der Waals surface area contributed by atoms with Crippen molar-refractivity contribution in [3.63, 3.8) is 0 Å². The second kappa shape index (κ2) is 5.16. The van der Waals surface area contributed by atoms with Gasteiger partial charge in [-0.1, -0.05) is 0 Å². The molecule has 0 saturated carbocycles. The van der Waals surface area contributed by atoms with Crippen molar-refractivity contribution in [3.8, 4) is 5.75 Å². The molecule has 0 fully saturated rings. The Bertz CT molecular complexity index is 353. The number of phenolic OH excluding ortho intramolecular Hbond substituents is 1. The lowest BCUT2D eigenvalue weighted by atomic mass is 10.0. The van der Waals surface area contributed by atoms with Gasteiger partial charge >= 0.3 is 0 Å². The van der Waals surface area contributed by atoms with Crippen molar-refractivity contribution in [1.29, 1.82) is 0 Å². The number of carbonyl (C=O) groups is 1. The van der Waals surface area contributed by atoms with Gasteiger partial charge in [0.05, 0.1) is 6.10 Å². The molecule has 3 N–H and O–H groups in total. The number of rotatable bonds is 4.